The predicted molar refractivity (Wildman–Crippen MR) is 82.3 cm³/mol. The van der Waals surface area contributed by atoms with Gasteiger partial charge in [-0.2, -0.15) is 0 Å². The van der Waals surface area contributed by atoms with Gasteiger partial charge < -0.3 is 10.2 Å². The van der Waals surface area contributed by atoms with Crippen molar-refractivity contribution in [3.05, 3.63) is 29.8 Å². The largest absolute Gasteiger partial charge is 0.343 e. The molecule has 0 unspecified atom stereocenters. The van der Waals surface area contributed by atoms with Gasteiger partial charge in [-0.15, -0.1) is 24.0 Å². The Labute approximate surface area is 119 Å². The third kappa shape index (κ3) is 2.73. The number of rotatable bonds is 0. The van der Waals surface area contributed by atoms with Crippen LogP contribution in [0.3, 0.4) is 0 Å². The van der Waals surface area contributed by atoms with E-state index in [9.17, 15) is 0 Å². The summed E-state index contributed by atoms with van der Waals surface area (Å²) in [6.45, 7) is 3.19. The van der Waals surface area contributed by atoms with Gasteiger partial charge in [-0.1, -0.05) is 18.2 Å². The summed E-state index contributed by atoms with van der Waals surface area (Å²) < 4.78 is 0. The Balaban J connectivity index is 0.00000108. The van der Waals surface area contributed by atoms with Crippen molar-refractivity contribution in [1.82, 2.24) is 4.90 Å². The van der Waals surface area contributed by atoms with Crippen molar-refractivity contribution < 1.29 is 0 Å². The van der Waals surface area contributed by atoms with E-state index in [2.05, 4.69) is 39.5 Å². The maximum absolute atomic E-state index is 4.65. The number of anilines is 1. The van der Waals surface area contributed by atoms with Gasteiger partial charge in [0, 0.05) is 25.3 Å². The van der Waals surface area contributed by atoms with E-state index in [1.807, 2.05) is 0 Å². The lowest BCUT2D eigenvalue weighted by molar-refractivity contribution is 0.516. The van der Waals surface area contributed by atoms with Gasteiger partial charge in [0.1, 0.15) is 0 Å². The molecule has 0 amide bonds. The number of benzene rings is 1. The molecule has 2 heterocycles. The number of fused-ring (bicyclic) bond motifs is 1. The monoisotopic (exact) mass is 343 g/mol. The molecule has 3 nitrogen and oxygen atoms in total. The molecule has 4 heteroatoms. The Morgan fingerprint density at radius 3 is 2.71 bits per heavy atom. The average Bonchev–Trinajstić information content (AvgIpc) is 2.75. The zero-order chi connectivity index (χ0) is 10.8. The van der Waals surface area contributed by atoms with Gasteiger partial charge in [-0.3, -0.25) is 4.99 Å². The number of halogens is 1. The third-order valence-electron chi connectivity index (χ3n) is 3.31. The van der Waals surface area contributed by atoms with Crippen LogP contribution in [0.1, 0.15) is 18.4 Å². The highest BCUT2D eigenvalue weighted by atomic mass is 127. The van der Waals surface area contributed by atoms with Crippen LogP contribution in [0.5, 0.6) is 0 Å². The minimum absolute atomic E-state index is 0. The van der Waals surface area contributed by atoms with E-state index in [1.54, 1.807) is 0 Å². The number of aliphatic imine (C=N–C) groups is 1. The first-order chi connectivity index (χ1) is 7.93. The summed E-state index contributed by atoms with van der Waals surface area (Å²) in [5.41, 5.74) is 2.60. The van der Waals surface area contributed by atoms with E-state index in [-0.39, 0.29) is 24.0 Å². The third-order valence-corrected chi connectivity index (χ3v) is 3.31. The topological polar surface area (TPSA) is 27.6 Å². The Morgan fingerprint density at radius 2 is 1.88 bits per heavy atom. The van der Waals surface area contributed by atoms with E-state index < -0.39 is 0 Å². The Hall–Kier alpha value is -0.780. The van der Waals surface area contributed by atoms with Crippen LogP contribution in [-0.4, -0.2) is 30.5 Å². The Kier molecular flexibility index (Phi) is 4.25. The number of hydrogen-bond acceptors (Lipinski definition) is 3. The molecule has 0 bridgehead atoms. The Morgan fingerprint density at radius 1 is 1.12 bits per heavy atom. The molecule has 0 spiro atoms. The van der Waals surface area contributed by atoms with Gasteiger partial charge in [-0.05, 0) is 30.9 Å². The number of likely N-dealkylation sites (tertiary alicyclic amines) is 1. The summed E-state index contributed by atoms with van der Waals surface area (Å²) >= 11 is 0. The molecule has 0 radical (unpaired) electrons. The van der Waals surface area contributed by atoms with Crippen LogP contribution in [0, 0.1) is 0 Å². The second kappa shape index (κ2) is 5.71. The number of nitrogens with zero attached hydrogens (tertiary/aromatic N) is 2. The van der Waals surface area contributed by atoms with Crippen LogP contribution in [-0.2, 0) is 6.42 Å². The van der Waals surface area contributed by atoms with Crippen LogP contribution in [0.2, 0.25) is 0 Å². The number of nitrogens with one attached hydrogen (secondary N) is 1. The quantitative estimate of drug-likeness (QED) is 0.734. The summed E-state index contributed by atoms with van der Waals surface area (Å²) in [7, 11) is 0. The van der Waals surface area contributed by atoms with Crippen molar-refractivity contribution in [1.29, 1.82) is 0 Å². The van der Waals surface area contributed by atoms with Crippen LogP contribution >= 0.6 is 24.0 Å². The SMILES string of the molecule is I.c1ccc2c(c1)CCN=C(N1CCCC1)N2. The molecule has 0 aliphatic carbocycles. The molecule has 0 saturated carbocycles. The number of para-hydroxylation sites is 1. The van der Waals surface area contributed by atoms with Crippen LogP contribution in [0.4, 0.5) is 5.69 Å². The van der Waals surface area contributed by atoms with E-state index in [0.717, 1.165) is 32.0 Å². The highest BCUT2D eigenvalue weighted by Gasteiger charge is 2.18. The Bertz CT molecular complexity index is 411. The molecule has 1 aromatic rings. The maximum Gasteiger partial charge on any atom is 0.198 e. The standard InChI is InChI=1S/C13H17N3.HI/c1-2-6-12-11(5-1)7-8-14-13(15-12)16-9-3-4-10-16;/h1-2,5-6H,3-4,7-10H2,(H,14,15);1H. The van der Waals surface area contributed by atoms with Gasteiger partial charge in [0.25, 0.3) is 0 Å². The summed E-state index contributed by atoms with van der Waals surface area (Å²) in [4.78, 5) is 7.01. The lowest BCUT2D eigenvalue weighted by atomic mass is 10.1. The first-order valence-corrected chi connectivity index (χ1v) is 6.08. The molecule has 17 heavy (non-hydrogen) atoms. The van der Waals surface area contributed by atoms with Crippen molar-refractivity contribution in [3.8, 4) is 0 Å². The molecule has 3 rings (SSSR count). The van der Waals surface area contributed by atoms with Crippen LogP contribution < -0.4 is 5.32 Å². The molecular formula is C13H18IN3. The number of hydrogen-bond donors (Lipinski definition) is 1. The fraction of sp³-hybridized carbons (Fsp3) is 0.462. The summed E-state index contributed by atoms with van der Waals surface area (Å²) in [5.74, 6) is 1.07. The van der Waals surface area contributed by atoms with E-state index in [1.165, 1.54) is 24.1 Å². The molecule has 92 valence electrons. The molecule has 1 N–H and O–H groups in total. The predicted octanol–water partition coefficient (Wildman–Crippen LogP) is 2.72. The zero-order valence-electron chi connectivity index (χ0n) is 9.85. The van der Waals surface area contributed by atoms with Crippen molar-refractivity contribution in [2.24, 2.45) is 4.99 Å². The average molecular weight is 343 g/mol. The molecule has 1 saturated heterocycles. The minimum atomic E-state index is 0. The molecule has 2 aliphatic rings. The normalized spacial score (nSPS) is 18.6. The fourth-order valence-corrected chi connectivity index (χ4v) is 2.41. The lowest BCUT2D eigenvalue weighted by Gasteiger charge is -2.20. The second-order valence-corrected chi connectivity index (χ2v) is 4.43. The molecule has 2 aliphatic heterocycles. The van der Waals surface area contributed by atoms with Crippen LogP contribution in [0.15, 0.2) is 29.3 Å². The van der Waals surface area contributed by atoms with Crippen molar-refractivity contribution >= 4 is 35.6 Å². The van der Waals surface area contributed by atoms with Gasteiger partial charge in [0.2, 0.25) is 0 Å². The van der Waals surface area contributed by atoms with Crippen molar-refractivity contribution in [2.45, 2.75) is 19.3 Å². The van der Waals surface area contributed by atoms with Crippen molar-refractivity contribution in [3.63, 3.8) is 0 Å². The molecule has 0 atom stereocenters. The maximum atomic E-state index is 4.65. The first kappa shape index (κ1) is 12.7. The molecule has 1 fully saturated rings. The highest BCUT2D eigenvalue weighted by molar-refractivity contribution is 14.0. The molecule has 0 aromatic heterocycles. The van der Waals surface area contributed by atoms with Gasteiger partial charge in [0.05, 0.1) is 0 Å². The number of guanidine groups is 1. The van der Waals surface area contributed by atoms with Gasteiger partial charge in [-0.25, -0.2) is 0 Å². The molecule has 1 aromatic carbocycles. The second-order valence-electron chi connectivity index (χ2n) is 4.43. The molecular weight excluding hydrogens is 325 g/mol. The van der Waals surface area contributed by atoms with E-state index >= 15 is 0 Å². The van der Waals surface area contributed by atoms with Gasteiger partial charge >= 0.3 is 0 Å². The fourth-order valence-electron chi connectivity index (χ4n) is 2.41. The van der Waals surface area contributed by atoms with E-state index in [0.29, 0.717) is 0 Å². The summed E-state index contributed by atoms with van der Waals surface area (Å²) in [6, 6.07) is 8.51. The summed E-state index contributed by atoms with van der Waals surface area (Å²) in [6.07, 6.45) is 3.63. The van der Waals surface area contributed by atoms with Gasteiger partial charge in [0.15, 0.2) is 5.96 Å². The smallest absolute Gasteiger partial charge is 0.198 e. The first-order valence-electron chi connectivity index (χ1n) is 6.08. The lowest BCUT2D eigenvalue weighted by Crippen LogP contribution is -2.33. The van der Waals surface area contributed by atoms with E-state index in [4.69, 9.17) is 0 Å². The summed E-state index contributed by atoms with van der Waals surface area (Å²) in [5, 5.41) is 3.48. The highest BCUT2D eigenvalue weighted by Crippen LogP contribution is 2.20. The van der Waals surface area contributed by atoms with Crippen LogP contribution in [0.25, 0.3) is 0 Å². The minimum Gasteiger partial charge on any atom is -0.343 e. The zero-order valence-corrected chi connectivity index (χ0v) is 12.2. The van der Waals surface area contributed by atoms with Crippen molar-refractivity contribution in [2.75, 3.05) is 25.0 Å².